The van der Waals surface area contributed by atoms with Crippen molar-refractivity contribution < 1.29 is 9.90 Å². The van der Waals surface area contributed by atoms with E-state index in [-0.39, 0.29) is 5.56 Å². The van der Waals surface area contributed by atoms with E-state index in [9.17, 15) is 14.7 Å². The third-order valence-electron chi connectivity index (χ3n) is 4.57. The summed E-state index contributed by atoms with van der Waals surface area (Å²) in [5.74, 6) is -1.23. The van der Waals surface area contributed by atoms with E-state index >= 15 is 0 Å². The molecule has 0 radical (unpaired) electrons. The quantitative estimate of drug-likeness (QED) is 0.652. The Morgan fingerprint density at radius 1 is 1.14 bits per heavy atom. The van der Waals surface area contributed by atoms with Crippen LogP contribution in [0.5, 0.6) is 0 Å². The van der Waals surface area contributed by atoms with E-state index < -0.39 is 11.4 Å². The summed E-state index contributed by atoms with van der Waals surface area (Å²) in [5.41, 5.74) is 1.76. The highest BCUT2D eigenvalue weighted by Gasteiger charge is 2.15. The Hall–Kier alpha value is -2.34. The van der Waals surface area contributed by atoms with Gasteiger partial charge < -0.3 is 14.6 Å². The molecule has 0 saturated carbocycles. The minimum Gasteiger partial charge on any atom is -0.477 e. The molecule has 0 amide bonds. The van der Waals surface area contributed by atoms with Crippen LogP contribution in [0, 0.1) is 0 Å². The van der Waals surface area contributed by atoms with E-state index in [2.05, 4.69) is 0 Å². The van der Waals surface area contributed by atoms with Gasteiger partial charge in [0.05, 0.1) is 5.52 Å². The number of hydrogen-bond acceptors (Lipinski definition) is 3. The SMILES string of the molecule is CN(C)CCn1cc(C(=O)O)c(=O)c2cc(Cc3ccc(Cl)cc3Cl)ccc21. The van der Waals surface area contributed by atoms with Crippen molar-refractivity contribution in [3.05, 3.63) is 79.6 Å². The van der Waals surface area contributed by atoms with E-state index in [1.807, 2.05) is 41.8 Å². The smallest absolute Gasteiger partial charge is 0.341 e. The summed E-state index contributed by atoms with van der Waals surface area (Å²) in [7, 11) is 3.88. The number of rotatable bonds is 6. The Kier molecular flexibility index (Phi) is 6.08. The zero-order chi connectivity index (χ0) is 20.4. The summed E-state index contributed by atoms with van der Waals surface area (Å²) in [6.07, 6.45) is 1.94. The molecule has 0 unspecified atom stereocenters. The standard InChI is InChI=1S/C21H20Cl2N2O3/c1-24(2)7-8-25-12-17(21(27)28)20(26)16-10-13(3-6-19(16)25)9-14-4-5-15(22)11-18(14)23/h3-6,10-12H,7-9H2,1-2H3,(H,27,28). The summed E-state index contributed by atoms with van der Waals surface area (Å²) >= 11 is 12.2. The monoisotopic (exact) mass is 418 g/mol. The largest absolute Gasteiger partial charge is 0.477 e. The molecular weight excluding hydrogens is 399 g/mol. The van der Waals surface area contributed by atoms with Crippen LogP contribution in [-0.4, -0.2) is 41.2 Å². The van der Waals surface area contributed by atoms with Crippen LogP contribution >= 0.6 is 23.2 Å². The summed E-state index contributed by atoms with van der Waals surface area (Å²) < 4.78 is 1.82. The van der Waals surface area contributed by atoms with Gasteiger partial charge in [-0.2, -0.15) is 0 Å². The van der Waals surface area contributed by atoms with Crippen molar-refractivity contribution in [2.75, 3.05) is 20.6 Å². The van der Waals surface area contributed by atoms with Crippen LogP contribution in [-0.2, 0) is 13.0 Å². The Morgan fingerprint density at radius 2 is 1.89 bits per heavy atom. The summed E-state index contributed by atoms with van der Waals surface area (Å²) in [5, 5.41) is 10.9. The third kappa shape index (κ3) is 4.38. The van der Waals surface area contributed by atoms with Crippen LogP contribution in [0.4, 0.5) is 0 Å². The zero-order valence-electron chi connectivity index (χ0n) is 15.6. The Labute approximate surface area is 172 Å². The lowest BCUT2D eigenvalue weighted by atomic mass is 10.0. The number of pyridine rings is 1. The molecule has 3 rings (SSSR count). The first-order valence-electron chi connectivity index (χ1n) is 8.74. The fourth-order valence-electron chi connectivity index (χ4n) is 3.08. The molecule has 0 bridgehead atoms. The van der Waals surface area contributed by atoms with Gasteiger partial charge in [0.2, 0.25) is 5.43 Å². The number of hydrogen-bond donors (Lipinski definition) is 1. The van der Waals surface area contributed by atoms with Crippen LogP contribution in [0.1, 0.15) is 21.5 Å². The Bertz CT molecular complexity index is 1110. The second-order valence-electron chi connectivity index (χ2n) is 6.94. The summed E-state index contributed by atoms with van der Waals surface area (Å²) in [4.78, 5) is 26.3. The molecular formula is C21H20Cl2N2O3. The van der Waals surface area contributed by atoms with Gasteiger partial charge in [-0.05, 0) is 55.9 Å². The second-order valence-corrected chi connectivity index (χ2v) is 7.78. The van der Waals surface area contributed by atoms with Gasteiger partial charge in [0.1, 0.15) is 5.56 Å². The number of carboxylic acid groups (broad SMARTS) is 1. The molecule has 3 aromatic rings. The van der Waals surface area contributed by atoms with E-state index in [0.717, 1.165) is 17.7 Å². The number of aromatic nitrogens is 1. The molecule has 0 spiro atoms. The van der Waals surface area contributed by atoms with Crippen molar-refractivity contribution in [3.63, 3.8) is 0 Å². The van der Waals surface area contributed by atoms with E-state index in [4.69, 9.17) is 23.2 Å². The van der Waals surface area contributed by atoms with Gasteiger partial charge >= 0.3 is 5.97 Å². The van der Waals surface area contributed by atoms with Gasteiger partial charge in [-0.1, -0.05) is 35.3 Å². The van der Waals surface area contributed by atoms with Crippen LogP contribution in [0.25, 0.3) is 10.9 Å². The predicted octanol–water partition coefficient (Wildman–Crippen LogP) is 4.16. The van der Waals surface area contributed by atoms with Crippen molar-refractivity contribution >= 4 is 40.1 Å². The first kappa shape index (κ1) is 20.4. The Morgan fingerprint density at radius 3 is 2.54 bits per heavy atom. The van der Waals surface area contributed by atoms with Crippen molar-refractivity contribution in [2.24, 2.45) is 0 Å². The van der Waals surface area contributed by atoms with Gasteiger partial charge in [0.15, 0.2) is 0 Å². The highest BCUT2D eigenvalue weighted by atomic mass is 35.5. The molecule has 5 nitrogen and oxygen atoms in total. The van der Waals surface area contributed by atoms with Gasteiger partial charge in [-0.25, -0.2) is 4.79 Å². The number of likely N-dealkylation sites (N-methyl/N-ethyl adjacent to an activating group) is 1. The van der Waals surface area contributed by atoms with Gasteiger partial charge in [0, 0.05) is 34.7 Å². The van der Waals surface area contributed by atoms with Crippen molar-refractivity contribution in [3.8, 4) is 0 Å². The molecule has 0 saturated heterocycles. The average Bonchev–Trinajstić information content (AvgIpc) is 2.63. The van der Waals surface area contributed by atoms with Gasteiger partial charge in [-0.3, -0.25) is 4.79 Å². The van der Waals surface area contributed by atoms with Crippen molar-refractivity contribution in [2.45, 2.75) is 13.0 Å². The molecule has 0 aliphatic heterocycles. The van der Waals surface area contributed by atoms with Crippen LogP contribution in [0.3, 0.4) is 0 Å². The van der Waals surface area contributed by atoms with Crippen LogP contribution < -0.4 is 5.43 Å². The number of carboxylic acids is 1. The maximum absolute atomic E-state index is 12.7. The fraction of sp³-hybridized carbons (Fsp3) is 0.238. The number of halogens is 2. The Balaban J connectivity index is 2.09. The first-order chi connectivity index (χ1) is 13.3. The third-order valence-corrected chi connectivity index (χ3v) is 5.16. The minimum atomic E-state index is -1.23. The van der Waals surface area contributed by atoms with Gasteiger partial charge in [-0.15, -0.1) is 0 Å². The van der Waals surface area contributed by atoms with Crippen LogP contribution in [0.15, 0.2) is 47.4 Å². The topological polar surface area (TPSA) is 62.5 Å². The number of aromatic carboxylic acids is 1. The normalized spacial score (nSPS) is 11.3. The number of carbonyl (C=O) groups is 1. The molecule has 0 atom stereocenters. The van der Waals surface area contributed by atoms with E-state index in [0.29, 0.717) is 33.9 Å². The molecule has 0 aliphatic carbocycles. The number of fused-ring (bicyclic) bond motifs is 1. The van der Waals surface area contributed by atoms with Crippen molar-refractivity contribution in [1.29, 1.82) is 0 Å². The summed E-state index contributed by atoms with van der Waals surface area (Å²) in [6.45, 7) is 1.30. The molecule has 7 heteroatoms. The lowest BCUT2D eigenvalue weighted by Crippen LogP contribution is -2.23. The highest BCUT2D eigenvalue weighted by molar-refractivity contribution is 6.35. The molecule has 0 aliphatic rings. The molecule has 1 aromatic heterocycles. The molecule has 1 heterocycles. The van der Waals surface area contributed by atoms with Gasteiger partial charge in [0.25, 0.3) is 0 Å². The molecule has 0 fully saturated rings. The minimum absolute atomic E-state index is 0.229. The zero-order valence-corrected chi connectivity index (χ0v) is 17.1. The molecule has 2 aromatic carbocycles. The lowest BCUT2D eigenvalue weighted by molar-refractivity contribution is 0.0695. The molecule has 1 N–H and O–H groups in total. The molecule has 28 heavy (non-hydrogen) atoms. The maximum Gasteiger partial charge on any atom is 0.341 e. The fourth-order valence-corrected chi connectivity index (χ4v) is 3.56. The average molecular weight is 419 g/mol. The maximum atomic E-state index is 12.7. The number of nitrogens with zero attached hydrogens (tertiary/aromatic N) is 2. The highest BCUT2D eigenvalue weighted by Crippen LogP contribution is 2.24. The lowest BCUT2D eigenvalue weighted by Gasteiger charge is -2.16. The number of benzene rings is 2. The first-order valence-corrected chi connectivity index (χ1v) is 9.50. The second kappa shape index (κ2) is 8.35. The van der Waals surface area contributed by atoms with E-state index in [1.54, 1.807) is 18.2 Å². The van der Waals surface area contributed by atoms with Crippen LogP contribution in [0.2, 0.25) is 10.0 Å². The molecule has 146 valence electrons. The predicted molar refractivity (Wildman–Crippen MR) is 113 cm³/mol. The van der Waals surface area contributed by atoms with E-state index in [1.165, 1.54) is 6.20 Å². The summed E-state index contributed by atoms with van der Waals surface area (Å²) in [6, 6.07) is 10.8. The van der Waals surface area contributed by atoms with Crippen molar-refractivity contribution in [1.82, 2.24) is 9.47 Å².